The van der Waals surface area contributed by atoms with Crippen molar-refractivity contribution in [2.45, 2.75) is 0 Å². The molecule has 0 saturated carbocycles. The number of rotatable bonds is 0. The van der Waals surface area contributed by atoms with Gasteiger partial charge in [-0.3, -0.25) is 0 Å². The Morgan fingerprint density at radius 2 is 1.75 bits per heavy atom. The predicted octanol–water partition coefficient (Wildman–Crippen LogP) is 0.475. The summed E-state index contributed by atoms with van der Waals surface area (Å²) < 4.78 is 0. The fourth-order valence-electron chi connectivity index (χ4n) is 0. The smallest absolute Gasteiger partial charge is 0.0948 e. The van der Waals surface area contributed by atoms with Crippen LogP contribution in [0.5, 0.6) is 0 Å². The van der Waals surface area contributed by atoms with Crippen molar-refractivity contribution in [3.63, 3.8) is 0 Å². The molecule has 0 aromatic heterocycles. The van der Waals surface area contributed by atoms with E-state index in [0.717, 1.165) is 0 Å². The van der Waals surface area contributed by atoms with E-state index >= 15 is 0 Å². The molecular weight excluding hydrogens is 163 g/mol. The first-order valence-corrected chi connectivity index (χ1v) is 2.42. The van der Waals surface area contributed by atoms with E-state index in [-0.39, 0.29) is 32.7 Å². The summed E-state index contributed by atoms with van der Waals surface area (Å²) in [6, 6.07) is 0. The van der Waals surface area contributed by atoms with Crippen LogP contribution in [-0.4, -0.2) is 7.57 Å². The zero-order valence-corrected chi connectivity index (χ0v) is 6.56. The van der Waals surface area contributed by atoms with Crippen molar-refractivity contribution in [3.8, 4) is 0 Å². The molecule has 4 heavy (non-hydrogen) atoms. The minimum atomic E-state index is 0. The second kappa shape index (κ2) is 8.83. The van der Waals surface area contributed by atoms with E-state index in [1.165, 1.54) is 0 Å². The normalized spacial score (nSPS) is 5.00. The molecule has 0 heterocycles. The minimum absolute atomic E-state index is 0. The first kappa shape index (κ1) is 9.19. The molecule has 0 aliphatic rings. The SMILES string of the molecule is [B]P=S.[Y]. The van der Waals surface area contributed by atoms with Crippen LogP contribution in [0.25, 0.3) is 0 Å². The zero-order valence-electron chi connectivity index (χ0n) is 2.01. The molecule has 0 rings (SSSR count). The average Bonchev–Trinajstić information content (AvgIpc) is 0.918. The molecule has 3 radical (unpaired) electrons. The molecule has 0 N–H and O–H groups in total. The first-order valence-electron chi connectivity index (χ1n) is 0.441. The summed E-state index contributed by atoms with van der Waals surface area (Å²) in [5.74, 6) is 0. The van der Waals surface area contributed by atoms with Crippen LogP contribution in [0.1, 0.15) is 0 Å². The molecule has 4 heteroatoms. The fraction of sp³-hybridized carbons (Fsp3) is 0. The fourth-order valence-corrected chi connectivity index (χ4v) is 0. The molecule has 0 nitrogen and oxygen atoms in total. The molecule has 0 amide bonds. The monoisotopic (exact) mass is 163 g/mol. The van der Waals surface area contributed by atoms with Crippen molar-refractivity contribution in [2.75, 3.05) is 0 Å². The van der Waals surface area contributed by atoms with Crippen LogP contribution in [0, 0.1) is 0 Å². The van der Waals surface area contributed by atoms with Crippen molar-refractivity contribution in [1.82, 2.24) is 0 Å². The van der Waals surface area contributed by atoms with E-state index in [1.54, 1.807) is 0 Å². The minimum Gasteiger partial charge on any atom is -0.0948 e. The average molecular weight is 163 g/mol. The summed E-state index contributed by atoms with van der Waals surface area (Å²) >= 11 is 4.14. The maximum Gasteiger partial charge on any atom is 0.167 e. The van der Waals surface area contributed by atoms with Gasteiger partial charge in [0.25, 0.3) is 0 Å². The Morgan fingerprint density at radius 1 is 1.75 bits per heavy atom. The Labute approximate surface area is 58.8 Å². The van der Waals surface area contributed by atoms with E-state index in [0.29, 0.717) is 7.23 Å². The van der Waals surface area contributed by atoms with Gasteiger partial charge in [-0.05, 0) is 0 Å². The molecule has 0 fully saturated rings. The topological polar surface area (TPSA) is 0 Å². The molecule has 0 aromatic carbocycles. The molecule has 0 aromatic rings. The second-order valence-electron chi connectivity index (χ2n) is 0.105. The third kappa shape index (κ3) is 9.35. The van der Waals surface area contributed by atoms with Gasteiger partial charge in [0.2, 0.25) is 0 Å². The third-order valence-electron chi connectivity index (χ3n) is 0. The van der Waals surface area contributed by atoms with E-state index in [4.69, 9.17) is 0 Å². The molecule has 17 valence electrons. The van der Waals surface area contributed by atoms with Crippen molar-refractivity contribution in [2.24, 2.45) is 0 Å². The maximum absolute atomic E-state index is 4.63. The molecule has 0 aliphatic heterocycles. The van der Waals surface area contributed by atoms with Gasteiger partial charge in [0.15, 0.2) is 7.57 Å². The maximum atomic E-state index is 4.63. The van der Waals surface area contributed by atoms with Crippen LogP contribution in [0.2, 0.25) is 0 Å². The Bertz CT molecular complexity index is 15.5. The summed E-state index contributed by atoms with van der Waals surface area (Å²) in [5.41, 5.74) is 0. The second-order valence-corrected chi connectivity index (χ2v) is 0.949. The van der Waals surface area contributed by atoms with Gasteiger partial charge in [0.1, 0.15) is 0 Å². The zero-order chi connectivity index (χ0) is 2.71. The summed E-state index contributed by atoms with van der Waals surface area (Å²) in [6.07, 6.45) is 0. The Morgan fingerprint density at radius 3 is 1.75 bits per heavy atom. The van der Waals surface area contributed by atoms with Gasteiger partial charge in [-0.25, -0.2) is 0 Å². The summed E-state index contributed by atoms with van der Waals surface area (Å²) in [5, 5.41) is 0. The van der Waals surface area contributed by atoms with Gasteiger partial charge in [-0.2, -0.15) is 0 Å². The van der Waals surface area contributed by atoms with Crippen molar-refractivity contribution in [3.05, 3.63) is 0 Å². The van der Waals surface area contributed by atoms with E-state index < -0.39 is 0 Å². The van der Waals surface area contributed by atoms with Crippen LogP contribution in [0.4, 0.5) is 0 Å². The van der Waals surface area contributed by atoms with Crippen molar-refractivity contribution in [1.29, 1.82) is 0 Å². The Kier molecular flexibility index (Phi) is 20.3. The Balaban J connectivity index is 0. The van der Waals surface area contributed by atoms with Gasteiger partial charge in [0, 0.05) is 32.7 Å². The van der Waals surface area contributed by atoms with E-state index in [2.05, 4.69) is 19.4 Å². The predicted molar refractivity (Wildman–Crippen MR) is 20.0 cm³/mol. The van der Waals surface area contributed by atoms with Gasteiger partial charge < -0.3 is 0 Å². The molecule has 0 spiro atoms. The number of hydrogen-bond donors (Lipinski definition) is 0. The van der Waals surface area contributed by atoms with Crippen molar-refractivity contribution >= 4 is 26.6 Å². The van der Waals surface area contributed by atoms with Crippen LogP contribution in [0.3, 0.4) is 0 Å². The molecule has 0 aliphatic carbocycles. The van der Waals surface area contributed by atoms with Crippen LogP contribution >= 0.6 is 7.23 Å². The summed E-state index contributed by atoms with van der Waals surface area (Å²) in [6.45, 7) is 0. The van der Waals surface area contributed by atoms with Gasteiger partial charge in [0.05, 0.1) is 0 Å². The van der Waals surface area contributed by atoms with Crippen LogP contribution < -0.4 is 0 Å². The third-order valence-corrected chi connectivity index (χ3v) is 0. The van der Waals surface area contributed by atoms with E-state index in [1.807, 2.05) is 0 Å². The van der Waals surface area contributed by atoms with E-state index in [9.17, 15) is 0 Å². The summed E-state index contributed by atoms with van der Waals surface area (Å²) in [7, 11) is 5.13. The van der Waals surface area contributed by atoms with Gasteiger partial charge in [-0.15, -0.1) is 0 Å². The van der Waals surface area contributed by atoms with Crippen molar-refractivity contribution < 1.29 is 32.7 Å². The standard InChI is InChI=1S/BPS.Y/c1-2-3;. The number of hydrogen-bond acceptors (Lipinski definition) is 1. The largest absolute Gasteiger partial charge is 0.167 e. The molecule has 0 unspecified atom stereocenters. The molecule has 0 saturated heterocycles. The quantitative estimate of drug-likeness (QED) is 0.369. The van der Waals surface area contributed by atoms with Crippen LogP contribution in [0.15, 0.2) is 0 Å². The van der Waals surface area contributed by atoms with Crippen LogP contribution in [-0.2, 0) is 44.5 Å². The Hall–Kier alpha value is 1.69. The molecule has 0 atom stereocenters. The summed E-state index contributed by atoms with van der Waals surface area (Å²) in [4.78, 5) is 0. The van der Waals surface area contributed by atoms with Gasteiger partial charge in [-0.1, -0.05) is 19.0 Å². The molecule has 0 bridgehead atoms. The first-order chi connectivity index (χ1) is 1.41. The van der Waals surface area contributed by atoms with Gasteiger partial charge >= 0.3 is 0 Å². The molecular formula is BPSY.